The number of carbonyl (C=O) groups is 2. The third-order valence-corrected chi connectivity index (χ3v) is 2.92. The Labute approximate surface area is 87.9 Å². The van der Waals surface area contributed by atoms with Gasteiger partial charge in [-0.15, -0.1) is 0 Å². The van der Waals surface area contributed by atoms with Gasteiger partial charge in [0.2, 0.25) is 5.91 Å². The van der Waals surface area contributed by atoms with Crippen molar-refractivity contribution in [3.05, 3.63) is 23.2 Å². The lowest BCUT2D eigenvalue weighted by molar-refractivity contribution is -0.132. The molecule has 0 saturated heterocycles. The maximum atomic E-state index is 11.5. The summed E-state index contributed by atoms with van der Waals surface area (Å²) in [7, 11) is 1.76. The van der Waals surface area contributed by atoms with Crippen molar-refractivity contribution in [3.63, 3.8) is 0 Å². The number of Topliss-reactive ketones (excluding diaryl/α,β-unsaturated/α-hetero) is 1. The van der Waals surface area contributed by atoms with Crippen LogP contribution in [0.1, 0.15) is 41.8 Å². The van der Waals surface area contributed by atoms with E-state index in [0.29, 0.717) is 11.5 Å². The summed E-state index contributed by atoms with van der Waals surface area (Å²) < 4.78 is 5.36. The SMILES string of the molecule is CC(=O)c1cc2c(o1)CC(=O)N(C)C2C. The Balaban J connectivity index is 2.47. The summed E-state index contributed by atoms with van der Waals surface area (Å²) in [5, 5.41) is 0. The Kier molecular flexibility index (Phi) is 2.14. The molecule has 4 nitrogen and oxygen atoms in total. The number of ketones is 1. The molecule has 0 spiro atoms. The molecule has 0 radical (unpaired) electrons. The fraction of sp³-hybridized carbons (Fsp3) is 0.455. The van der Waals surface area contributed by atoms with E-state index in [4.69, 9.17) is 4.42 Å². The van der Waals surface area contributed by atoms with Crippen LogP contribution < -0.4 is 0 Å². The minimum absolute atomic E-state index is 0.0156. The molecule has 1 unspecified atom stereocenters. The van der Waals surface area contributed by atoms with E-state index in [9.17, 15) is 9.59 Å². The summed E-state index contributed by atoms with van der Waals surface area (Å²) in [5.74, 6) is 0.900. The van der Waals surface area contributed by atoms with Crippen LogP contribution in [0.15, 0.2) is 10.5 Å². The minimum atomic E-state index is -0.105. The maximum Gasteiger partial charge on any atom is 0.230 e. The van der Waals surface area contributed by atoms with Gasteiger partial charge in [0, 0.05) is 19.5 Å². The zero-order chi connectivity index (χ0) is 11.2. The van der Waals surface area contributed by atoms with Gasteiger partial charge in [-0.1, -0.05) is 0 Å². The van der Waals surface area contributed by atoms with Crippen LogP contribution in [-0.2, 0) is 11.2 Å². The first-order chi connectivity index (χ1) is 7.00. The molecule has 0 aliphatic carbocycles. The largest absolute Gasteiger partial charge is 0.457 e. The number of nitrogens with zero attached hydrogens (tertiary/aromatic N) is 1. The van der Waals surface area contributed by atoms with Crippen molar-refractivity contribution in [1.82, 2.24) is 4.90 Å². The van der Waals surface area contributed by atoms with E-state index in [0.717, 1.165) is 5.56 Å². The Bertz CT molecular complexity index is 433. The summed E-state index contributed by atoms with van der Waals surface area (Å²) in [6.45, 7) is 3.38. The Hall–Kier alpha value is -1.58. The number of hydrogen-bond acceptors (Lipinski definition) is 3. The Morgan fingerprint density at radius 1 is 1.60 bits per heavy atom. The number of fused-ring (bicyclic) bond motifs is 1. The highest BCUT2D eigenvalue weighted by molar-refractivity contribution is 5.92. The van der Waals surface area contributed by atoms with Crippen molar-refractivity contribution in [1.29, 1.82) is 0 Å². The molecule has 1 atom stereocenters. The standard InChI is InChI=1S/C11H13NO3/c1-6-8-4-9(7(2)13)15-10(8)5-11(14)12(6)3/h4,6H,5H2,1-3H3. The average Bonchev–Trinajstić information content (AvgIpc) is 2.58. The first-order valence-corrected chi connectivity index (χ1v) is 4.90. The summed E-state index contributed by atoms with van der Waals surface area (Å²) in [5.41, 5.74) is 0.947. The second kappa shape index (κ2) is 3.22. The number of furan rings is 1. The average molecular weight is 207 g/mol. The van der Waals surface area contributed by atoms with Gasteiger partial charge in [-0.05, 0) is 13.0 Å². The molecule has 0 bridgehead atoms. The van der Waals surface area contributed by atoms with Crippen molar-refractivity contribution in [3.8, 4) is 0 Å². The van der Waals surface area contributed by atoms with E-state index in [2.05, 4.69) is 0 Å². The van der Waals surface area contributed by atoms with Crippen LogP contribution in [0, 0.1) is 0 Å². The van der Waals surface area contributed by atoms with Gasteiger partial charge in [0.15, 0.2) is 11.5 Å². The minimum Gasteiger partial charge on any atom is -0.457 e. The van der Waals surface area contributed by atoms with Gasteiger partial charge in [0.05, 0.1) is 12.5 Å². The molecule has 1 aliphatic rings. The first-order valence-electron chi connectivity index (χ1n) is 4.90. The zero-order valence-corrected chi connectivity index (χ0v) is 9.03. The molecule has 0 aromatic carbocycles. The third-order valence-electron chi connectivity index (χ3n) is 2.92. The van der Waals surface area contributed by atoms with Gasteiger partial charge in [-0.25, -0.2) is 0 Å². The molecule has 15 heavy (non-hydrogen) atoms. The highest BCUT2D eigenvalue weighted by Crippen LogP contribution is 2.31. The molecular weight excluding hydrogens is 194 g/mol. The van der Waals surface area contributed by atoms with Crippen LogP contribution in [0.2, 0.25) is 0 Å². The fourth-order valence-corrected chi connectivity index (χ4v) is 1.79. The Morgan fingerprint density at radius 2 is 2.27 bits per heavy atom. The number of carbonyl (C=O) groups excluding carboxylic acids is 2. The van der Waals surface area contributed by atoms with Crippen LogP contribution in [0.4, 0.5) is 0 Å². The van der Waals surface area contributed by atoms with Gasteiger partial charge in [0.25, 0.3) is 0 Å². The Morgan fingerprint density at radius 3 is 2.87 bits per heavy atom. The normalized spacial score (nSPS) is 20.3. The molecular formula is C11H13NO3. The molecule has 1 aromatic rings. The number of amides is 1. The van der Waals surface area contributed by atoms with E-state index in [-0.39, 0.29) is 24.2 Å². The summed E-state index contributed by atoms with van der Waals surface area (Å²) >= 11 is 0. The van der Waals surface area contributed by atoms with E-state index in [1.807, 2.05) is 6.92 Å². The first kappa shape index (κ1) is 9.96. The summed E-state index contributed by atoms with van der Waals surface area (Å²) in [6.07, 6.45) is 0.253. The van der Waals surface area contributed by atoms with E-state index < -0.39 is 0 Å². The highest BCUT2D eigenvalue weighted by Gasteiger charge is 2.30. The lowest BCUT2D eigenvalue weighted by Crippen LogP contribution is -2.35. The van der Waals surface area contributed by atoms with Gasteiger partial charge >= 0.3 is 0 Å². The number of rotatable bonds is 1. The molecule has 4 heteroatoms. The van der Waals surface area contributed by atoms with Gasteiger partial charge in [0.1, 0.15) is 5.76 Å². The third kappa shape index (κ3) is 1.46. The molecule has 2 rings (SSSR count). The lowest BCUT2D eigenvalue weighted by Gasteiger charge is -2.28. The summed E-state index contributed by atoms with van der Waals surface area (Å²) in [6, 6.07) is 1.73. The van der Waals surface area contributed by atoms with Crippen molar-refractivity contribution < 1.29 is 14.0 Å². The predicted molar refractivity (Wildman–Crippen MR) is 53.6 cm³/mol. The number of hydrogen-bond donors (Lipinski definition) is 0. The second-order valence-electron chi connectivity index (χ2n) is 3.90. The van der Waals surface area contributed by atoms with Crippen molar-refractivity contribution in [2.75, 3.05) is 7.05 Å². The maximum absolute atomic E-state index is 11.5. The van der Waals surface area contributed by atoms with Crippen molar-refractivity contribution in [2.45, 2.75) is 26.3 Å². The van der Waals surface area contributed by atoms with E-state index in [1.165, 1.54) is 6.92 Å². The van der Waals surface area contributed by atoms with E-state index in [1.54, 1.807) is 18.0 Å². The monoisotopic (exact) mass is 207 g/mol. The van der Waals surface area contributed by atoms with Crippen LogP contribution >= 0.6 is 0 Å². The highest BCUT2D eigenvalue weighted by atomic mass is 16.3. The molecule has 80 valence electrons. The zero-order valence-electron chi connectivity index (χ0n) is 9.03. The number of likely N-dealkylation sites (N-methyl/N-ethyl adjacent to an activating group) is 1. The van der Waals surface area contributed by atoms with Crippen molar-refractivity contribution >= 4 is 11.7 Å². The lowest BCUT2D eigenvalue weighted by atomic mass is 10.0. The predicted octanol–water partition coefficient (Wildman–Crippen LogP) is 1.56. The van der Waals surface area contributed by atoms with Gasteiger partial charge in [-0.3, -0.25) is 9.59 Å². The molecule has 1 aliphatic heterocycles. The molecule has 1 amide bonds. The van der Waals surface area contributed by atoms with Gasteiger partial charge < -0.3 is 9.32 Å². The smallest absolute Gasteiger partial charge is 0.230 e. The molecule has 0 fully saturated rings. The molecule has 0 saturated carbocycles. The molecule has 0 N–H and O–H groups in total. The van der Waals surface area contributed by atoms with Crippen LogP contribution in [0.3, 0.4) is 0 Å². The second-order valence-corrected chi connectivity index (χ2v) is 3.90. The van der Waals surface area contributed by atoms with Crippen LogP contribution in [-0.4, -0.2) is 23.6 Å². The fourth-order valence-electron chi connectivity index (χ4n) is 1.79. The van der Waals surface area contributed by atoms with Crippen LogP contribution in [0.5, 0.6) is 0 Å². The topological polar surface area (TPSA) is 50.5 Å². The van der Waals surface area contributed by atoms with Crippen molar-refractivity contribution in [2.24, 2.45) is 0 Å². The van der Waals surface area contributed by atoms with E-state index >= 15 is 0 Å². The van der Waals surface area contributed by atoms with Gasteiger partial charge in [-0.2, -0.15) is 0 Å². The van der Waals surface area contributed by atoms with Crippen LogP contribution in [0.25, 0.3) is 0 Å². The molecule has 2 heterocycles. The summed E-state index contributed by atoms with van der Waals surface area (Å²) in [4.78, 5) is 24.3. The quantitative estimate of drug-likeness (QED) is 0.656. The molecule has 1 aromatic heterocycles.